The lowest BCUT2D eigenvalue weighted by Crippen LogP contribution is -2.47. The standard InChI is InChI=1S/C18H31N3O2/c1-12-5-8-18(22,9-6-12)11-19-15-7-10-23-17(15)16-13(2)20-21(4)14(16)3/h12,15,17,19,22H,5-11H2,1-4H3/t12?,15-,17-,18?/m0/s1. The van der Waals surface area contributed by atoms with Gasteiger partial charge in [-0.3, -0.25) is 4.68 Å². The van der Waals surface area contributed by atoms with Gasteiger partial charge in [0.1, 0.15) is 6.10 Å². The molecule has 1 aliphatic carbocycles. The minimum atomic E-state index is -0.543. The highest BCUT2D eigenvalue weighted by molar-refractivity contribution is 5.29. The Kier molecular flexibility index (Phi) is 4.81. The molecule has 2 aliphatic rings. The second-order valence-electron chi connectivity index (χ2n) is 7.68. The molecule has 0 radical (unpaired) electrons. The highest BCUT2D eigenvalue weighted by Crippen LogP contribution is 2.35. The fourth-order valence-corrected chi connectivity index (χ4v) is 4.08. The molecule has 1 saturated carbocycles. The van der Waals surface area contributed by atoms with Gasteiger partial charge in [0.2, 0.25) is 0 Å². The number of ether oxygens (including phenoxy) is 1. The van der Waals surface area contributed by atoms with E-state index in [-0.39, 0.29) is 12.1 Å². The lowest BCUT2D eigenvalue weighted by Gasteiger charge is -2.36. The number of nitrogens with zero attached hydrogens (tertiary/aromatic N) is 2. The third-order valence-corrected chi connectivity index (χ3v) is 5.84. The predicted octanol–water partition coefficient (Wildman–Crippen LogP) is 2.40. The van der Waals surface area contributed by atoms with Gasteiger partial charge in [-0.1, -0.05) is 6.92 Å². The van der Waals surface area contributed by atoms with Crippen molar-refractivity contribution in [3.8, 4) is 0 Å². The first-order valence-electron chi connectivity index (χ1n) is 8.97. The molecule has 1 saturated heterocycles. The fourth-order valence-electron chi connectivity index (χ4n) is 4.08. The molecule has 2 fully saturated rings. The van der Waals surface area contributed by atoms with Crippen LogP contribution in [0, 0.1) is 19.8 Å². The quantitative estimate of drug-likeness (QED) is 0.894. The Balaban J connectivity index is 1.66. The molecule has 0 unspecified atom stereocenters. The van der Waals surface area contributed by atoms with Crippen LogP contribution in [-0.4, -0.2) is 39.7 Å². The summed E-state index contributed by atoms with van der Waals surface area (Å²) in [7, 11) is 1.98. The van der Waals surface area contributed by atoms with E-state index in [0.717, 1.165) is 50.3 Å². The van der Waals surface area contributed by atoms with Gasteiger partial charge in [0.15, 0.2) is 0 Å². The van der Waals surface area contributed by atoms with Gasteiger partial charge in [0.25, 0.3) is 0 Å². The molecule has 0 amide bonds. The van der Waals surface area contributed by atoms with Gasteiger partial charge in [-0.2, -0.15) is 5.10 Å². The van der Waals surface area contributed by atoms with Gasteiger partial charge in [-0.15, -0.1) is 0 Å². The van der Waals surface area contributed by atoms with Gasteiger partial charge >= 0.3 is 0 Å². The van der Waals surface area contributed by atoms with E-state index < -0.39 is 5.60 Å². The summed E-state index contributed by atoms with van der Waals surface area (Å²) in [6.07, 6.45) is 5.11. The zero-order valence-electron chi connectivity index (χ0n) is 14.9. The number of hydrogen-bond acceptors (Lipinski definition) is 4. The summed E-state index contributed by atoms with van der Waals surface area (Å²) in [6, 6.07) is 0.264. The van der Waals surface area contributed by atoms with Crippen molar-refractivity contribution >= 4 is 0 Å². The molecule has 1 aliphatic heterocycles. The number of aliphatic hydroxyl groups is 1. The molecule has 0 aromatic carbocycles. The van der Waals surface area contributed by atoms with Crippen LogP contribution in [-0.2, 0) is 11.8 Å². The lowest BCUT2D eigenvalue weighted by molar-refractivity contribution is -0.0107. The molecule has 3 rings (SSSR count). The number of aryl methyl sites for hydroxylation is 2. The van der Waals surface area contributed by atoms with E-state index in [4.69, 9.17) is 4.74 Å². The van der Waals surface area contributed by atoms with Crippen molar-refractivity contribution in [3.05, 3.63) is 17.0 Å². The Labute approximate surface area is 139 Å². The summed E-state index contributed by atoms with van der Waals surface area (Å²) in [5.74, 6) is 0.749. The zero-order valence-corrected chi connectivity index (χ0v) is 14.9. The third kappa shape index (κ3) is 3.47. The third-order valence-electron chi connectivity index (χ3n) is 5.84. The molecule has 130 valence electrons. The summed E-state index contributed by atoms with van der Waals surface area (Å²) in [5, 5.41) is 18.9. The van der Waals surface area contributed by atoms with E-state index in [2.05, 4.69) is 31.2 Å². The van der Waals surface area contributed by atoms with Crippen molar-refractivity contribution < 1.29 is 9.84 Å². The van der Waals surface area contributed by atoms with Gasteiger partial charge in [-0.05, 0) is 51.9 Å². The Morgan fingerprint density at radius 2 is 2.00 bits per heavy atom. The van der Waals surface area contributed by atoms with E-state index in [1.54, 1.807) is 0 Å². The summed E-state index contributed by atoms with van der Waals surface area (Å²) >= 11 is 0. The van der Waals surface area contributed by atoms with Crippen LogP contribution in [0.3, 0.4) is 0 Å². The van der Waals surface area contributed by atoms with E-state index in [0.29, 0.717) is 6.54 Å². The molecule has 2 atom stereocenters. The Morgan fingerprint density at radius 1 is 1.30 bits per heavy atom. The molecule has 5 nitrogen and oxygen atoms in total. The molecule has 5 heteroatoms. The maximum atomic E-state index is 10.8. The minimum absolute atomic E-state index is 0.0508. The first-order valence-corrected chi connectivity index (χ1v) is 8.97. The molecule has 0 bridgehead atoms. The molecule has 0 spiro atoms. The van der Waals surface area contributed by atoms with Gasteiger partial charge in [-0.25, -0.2) is 0 Å². The number of hydrogen-bond donors (Lipinski definition) is 2. The van der Waals surface area contributed by atoms with Crippen LogP contribution in [0.5, 0.6) is 0 Å². The first-order chi connectivity index (χ1) is 10.9. The van der Waals surface area contributed by atoms with Crippen LogP contribution >= 0.6 is 0 Å². The van der Waals surface area contributed by atoms with Gasteiger partial charge < -0.3 is 15.2 Å². The molecule has 2 N–H and O–H groups in total. The topological polar surface area (TPSA) is 59.3 Å². The minimum Gasteiger partial charge on any atom is -0.389 e. The first kappa shape index (κ1) is 16.9. The van der Waals surface area contributed by atoms with Crippen LogP contribution in [0.2, 0.25) is 0 Å². The van der Waals surface area contributed by atoms with Crippen LogP contribution in [0.25, 0.3) is 0 Å². The van der Waals surface area contributed by atoms with Crippen molar-refractivity contribution in [2.75, 3.05) is 13.2 Å². The van der Waals surface area contributed by atoms with Crippen LogP contribution in [0.1, 0.15) is 62.1 Å². The number of aromatic nitrogens is 2. The van der Waals surface area contributed by atoms with Crippen molar-refractivity contribution in [2.24, 2.45) is 13.0 Å². The van der Waals surface area contributed by atoms with Crippen molar-refractivity contribution in [1.29, 1.82) is 0 Å². The Morgan fingerprint density at radius 3 is 2.61 bits per heavy atom. The Hall–Kier alpha value is -0.910. The summed E-state index contributed by atoms with van der Waals surface area (Å²) < 4.78 is 7.95. The second-order valence-corrected chi connectivity index (χ2v) is 7.68. The van der Waals surface area contributed by atoms with Crippen molar-refractivity contribution in [2.45, 2.75) is 70.6 Å². The zero-order chi connectivity index (χ0) is 16.6. The lowest BCUT2D eigenvalue weighted by atomic mass is 9.79. The molecule has 2 heterocycles. The van der Waals surface area contributed by atoms with E-state index in [1.807, 2.05) is 11.7 Å². The normalized spacial score (nSPS) is 34.9. The van der Waals surface area contributed by atoms with Crippen molar-refractivity contribution in [3.63, 3.8) is 0 Å². The van der Waals surface area contributed by atoms with Crippen LogP contribution in [0.15, 0.2) is 0 Å². The van der Waals surface area contributed by atoms with Gasteiger partial charge in [0.05, 0.1) is 11.3 Å². The summed E-state index contributed by atoms with van der Waals surface area (Å²) in [4.78, 5) is 0. The SMILES string of the molecule is Cc1nn(C)c(C)c1[C@H]1OCC[C@@H]1NCC1(O)CCC(C)CC1. The van der Waals surface area contributed by atoms with E-state index in [1.165, 1.54) is 11.3 Å². The summed E-state index contributed by atoms with van der Waals surface area (Å²) in [5.41, 5.74) is 2.89. The molecule has 1 aromatic heterocycles. The smallest absolute Gasteiger partial charge is 0.101 e. The number of nitrogens with one attached hydrogen (secondary N) is 1. The average molecular weight is 321 g/mol. The second kappa shape index (κ2) is 6.54. The molecular weight excluding hydrogens is 290 g/mol. The highest BCUT2D eigenvalue weighted by atomic mass is 16.5. The highest BCUT2D eigenvalue weighted by Gasteiger charge is 2.37. The number of rotatable bonds is 4. The van der Waals surface area contributed by atoms with Crippen molar-refractivity contribution in [1.82, 2.24) is 15.1 Å². The van der Waals surface area contributed by atoms with Crippen LogP contribution < -0.4 is 5.32 Å². The summed E-state index contributed by atoms with van der Waals surface area (Å²) in [6.45, 7) is 7.87. The monoisotopic (exact) mass is 321 g/mol. The molecule has 23 heavy (non-hydrogen) atoms. The average Bonchev–Trinajstić information content (AvgIpc) is 3.06. The van der Waals surface area contributed by atoms with Gasteiger partial charge in [0, 0.05) is 37.5 Å². The largest absolute Gasteiger partial charge is 0.389 e. The fraction of sp³-hybridized carbons (Fsp3) is 0.833. The molecular formula is C18H31N3O2. The predicted molar refractivity (Wildman–Crippen MR) is 90.4 cm³/mol. The van der Waals surface area contributed by atoms with Crippen LogP contribution in [0.4, 0.5) is 0 Å². The van der Waals surface area contributed by atoms with E-state index >= 15 is 0 Å². The maximum Gasteiger partial charge on any atom is 0.101 e. The molecule has 1 aromatic rings. The maximum absolute atomic E-state index is 10.8. The van der Waals surface area contributed by atoms with E-state index in [9.17, 15) is 5.11 Å². The Bertz CT molecular complexity index is 547.